The fourth-order valence-electron chi connectivity index (χ4n) is 5.34. The summed E-state index contributed by atoms with van der Waals surface area (Å²) in [6.45, 7) is 9.75. The lowest BCUT2D eigenvalue weighted by atomic mass is 9.91. The molecule has 0 spiro atoms. The predicted octanol–water partition coefficient (Wildman–Crippen LogP) is 4.44. The fourth-order valence-corrected chi connectivity index (χ4v) is 5.34. The SMILES string of the molecule is COc1ccc(Cc2ncc(C)c(CCC3CCN(C(C)=O)CC3)n2)cc1OCCCN1CCCC1. The first-order chi connectivity index (χ1) is 17.5. The zero-order valence-electron chi connectivity index (χ0n) is 22.3. The maximum absolute atomic E-state index is 11.6. The van der Waals surface area contributed by atoms with Crippen LogP contribution in [0.5, 0.6) is 11.5 Å². The standard InChI is InChI=1S/C29H42N4O3/c1-22-21-30-29(31-26(22)9-7-24-11-16-33(17-12-24)23(2)34)20-25-8-10-27(35-3)28(19-25)36-18-6-15-32-13-4-5-14-32/h8,10,19,21,24H,4-7,9,11-18,20H2,1-3H3. The predicted molar refractivity (Wildman–Crippen MR) is 142 cm³/mol. The minimum absolute atomic E-state index is 0.193. The highest BCUT2D eigenvalue weighted by molar-refractivity contribution is 5.73. The molecule has 1 aromatic carbocycles. The van der Waals surface area contributed by atoms with E-state index in [1.54, 1.807) is 14.0 Å². The highest BCUT2D eigenvalue weighted by atomic mass is 16.5. The van der Waals surface area contributed by atoms with Gasteiger partial charge in [-0.2, -0.15) is 0 Å². The highest BCUT2D eigenvalue weighted by Gasteiger charge is 2.21. The van der Waals surface area contributed by atoms with Gasteiger partial charge in [0, 0.05) is 44.9 Å². The van der Waals surface area contributed by atoms with Crippen molar-refractivity contribution in [3.05, 3.63) is 47.0 Å². The number of hydrogen-bond donors (Lipinski definition) is 0. The van der Waals surface area contributed by atoms with Crippen molar-refractivity contribution >= 4 is 5.91 Å². The van der Waals surface area contributed by atoms with E-state index in [0.717, 1.165) is 85.9 Å². The molecule has 0 N–H and O–H groups in total. The lowest BCUT2D eigenvalue weighted by Gasteiger charge is -2.31. The molecule has 3 heterocycles. The molecule has 0 unspecified atom stereocenters. The molecule has 0 aliphatic carbocycles. The van der Waals surface area contributed by atoms with Gasteiger partial charge in [0.05, 0.1) is 13.7 Å². The zero-order chi connectivity index (χ0) is 25.3. The van der Waals surface area contributed by atoms with E-state index in [2.05, 4.69) is 28.9 Å². The normalized spacial score (nSPS) is 16.9. The van der Waals surface area contributed by atoms with E-state index < -0.39 is 0 Å². The molecule has 2 saturated heterocycles. The molecule has 0 bridgehead atoms. The summed E-state index contributed by atoms with van der Waals surface area (Å²) in [7, 11) is 1.69. The maximum atomic E-state index is 11.6. The number of likely N-dealkylation sites (tertiary alicyclic amines) is 2. The maximum Gasteiger partial charge on any atom is 0.219 e. The number of piperidine rings is 1. The van der Waals surface area contributed by atoms with Crippen molar-refractivity contribution in [3.8, 4) is 11.5 Å². The van der Waals surface area contributed by atoms with Gasteiger partial charge in [0.1, 0.15) is 5.82 Å². The van der Waals surface area contributed by atoms with Crippen LogP contribution in [-0.2, 0) is 17.6 Å². The number of nitrogens with zero attached hydrogens (tertiary/aromatic N) is 4. The number of rotatable bonds is 11. The number of hydrogen-bond acceptors (Lipinski definition) is 6. The average Bonchev–Trinajstić information content (AvgIpc) is 3.41. The summed E-state index contributed by atoms with van der Waals surface area (Å²) in [5, 5.41) is 0. The first-order valence-corrected chi connectivity index (χ1v) is 13.6. The first-order valence-electron chi connectivity index (χ1n) is 13.6. The molecule has 1 amide bonds. The number of ether oxygens (including phenoxy) is 2. The Kier molecular flexibility index (Phi) is 9.56. The summed E-state index contributed by atoms with van der Waals surface area (Å²) < 4.78 is 11.7. The molecular weight excluding hydrogens is 452 g/mol. The van der Waals surface area contributed by atoms with Gasteiger partial charge in [0.15, 0.2) is 11.5 Å². The summed E-state index contributed by atoms with van der Waals surface area (Å²) in [4.78, 5) is 25.6. The van der Waals surface area contributed by atoms with Gasteiger partial charge in [0.25, 0.3) is 0 Å². The third kappa shape index (κ3) is 7.42. The van der Waals surface area contributed by atoms with E-state index in [1.165, 1.54) is 25.9 Å². The second-order valence-electron chi connectivity index (χ2n) is 10.3. The van der Waals surface area contributed by atoms with Crippen molar-refractivity contribution in [2.75, 3.05) is 46.4 Å². The molecule has 2 aliphatic heterocycles. The molecule has 36 heavy (non-hydrogen) atoms. The van der Waals surface area contributed by atoms with Gasteiger partial charge in [-0.1, -0.05) is 6.07 Å². The van der Waals surface area contributed by atoms with E-state index in [4.69, 9.17) is 14.5 Å². The second kappa shape index (κ2) is 13.0. The van der Waals surface area contributed by atoms with Gasteiger partial charge in [-0.25, -0.2) is 9.97 Å². The van der Waals surface area contributed by atoms with Gasteiger partial charge >= 0.3 is 0 Å². The van der Waals surface area contributed by atoms with Gasteiger partial charge in [-0.15, -0.1) is 0 Å². The summed E-state index contributed by atoms with van der Waals surface area (Å²) in [5.74, 6) is 3.25. The van der Waals surface area contributed by atoms with E-state index in [0.29, 0.717) is 18.9 Å². The zero-order valence-corrected chi connectivity index (χ0v) is 22.3. The minimum Gasteiger partial charge on any atom is -0.493 e. The van der Waals surface area contributed by atoms with Crippen molar-refractivity contribution in [2.45, 2.75) is 65.2 Å². The van der Waals surface area contributed by atoms with Crippen molar-refractivity contribution in [2.24, 2.45) is 5.92 Å². The average molecular weight is 495 g/mol. The highest BCUT2D eigenvalue weighted by Crippen LogP contribution is 2.29. The van der Waals surface area contributed by atoms with Crippen LogP contribution in [0.4, 0.5) is 0 Å². The number of methoxy groups -OCH3 is 1. The lowest BCUT2D eigenvalue weighted by Crippen LogP contribution is -2.37. The first kappa shape index (κ1) is 26.4. The minimum atomic E-state index is 0.193. The van der Waals surface area contributed by atoms with E-state index in [1.807, 2.05) is 17.2 Å². The Morgan fingerprint density at radius 1 is 1.11 bits per heavy atom. The number of carbonyl (C=O) groups is 1. The monoisotopic (exact) mass is 494 g/mol. The Morgan fingerprint density at radius 3 is 2.61 bits per heavy atom. The van der Waals surface area contributed by atoms with Crippen molar-refractivity contribution in [3.63, 3.8) is 0 Å². The Morgan fingerprint density at radius 2 is 1.89 bits per heavy atom. The largest absolute Gasteiger partial charge is 0.493 e. The quantitative estimate of drug-likeness (QED) is 0.430. The number of aromatic nitrogens is 2. The Labute approximate surface area is 216 Å². The summed E-state index contributed by atoms with van der Waals surface area (Å²) in [5.41, 5.74) is 3.41. The van der Waals surface area contributed by atoms with Crippen LogP contribution in [0, 0.1) is 12.8 Å². The van der Waals surface area contributed by atoms with Crippen LogP contribution < -0.4 is 9.47 Å². The van der Waals surface area contributed by atoms with Crippen LogP contribution in [-0.4, -0.2) is 72.1 Å². The molecule has 1 aromatic heterocycles. The van der Waals surface area contributed by atoms with Crippen LogP contribution in [0.2, 0.25) is 0 Å². The van der Waals surface area contributed by atoms with Crippen molar-refractivity contribution < 1.29 is 14.3 Å². The van der Waals surface area contributed by atoms with Gasteiger partial charge in [-0.3, -0.25) is 4.79 Å². The molecule has 196 valence electrons. The molecular formula is C29H42N4O3. The molecule has 4 rings (SSSR count). The fraction of sp³-hybridized carbons (Fsp3) is 0.621. The van der Waals surface area contributed by atoms with Gasteiger partial charge in [0.2, 0.25) is 5.91 Å². The van der Waals surface area contributed by atoms with Crippen LogP contribution in [0.25, 0.3) is 0 Å². The van der Waals surface area contributed by atoms with Gasteiger partial charge in [-0.05, 0) is 94.1 Å². The lowest BCUT2D eigenvalue weighted by molar-refractivity contribution is -0.130. The summed E-state index contributed by atoms with van der Waals surface area (Å²) in [6, 6.07) is 6.12. The second-order valence-corrected chi connectivity index (χ2v) is 10.3. The molecule has 0 radical (unpaired) electrons. The molecule has 7 nitrogen and oxygen atoms in total. The molecule has 0 atom stereocenters. The molecule has 0 saturated carbocycles. The van der Waals surface area contributed by atoms with E-state index >= 15 is 0 Å². The number of benzene rings is 1. The molecule has 7 heteroatoms. The molecule has 2 aliphatic rings. The van der Waals surface area contributed by atoms with E-state index in [-0.39, 0.29) is 5.91 Å². The van der Waals surface area contributed by atoms with Crippen LogP contribution in [0.1, 0.15) is 68.1 Å². The number of aryl methyl sites for hydroxylation is 2. The third-order valence-corrected chi connectivity index (χ3v) is 7.64. The van der Waals surface area contributed by atoms with Crippen molar-refractivity contribution in [1.29, 1.82) is 0 Å². The molecule has 2 aromatic rings. The van der Waals surface area contributed by atoms with Crippen LogP contribution >= 0.6 is 0 Å². The van der Waals surface area contributed by atoms with E-state index in [9.17, 15) is 4.79 Å². The van der Waals surface area contributed by atoms with Crippen LogP contribution in [0.3, 0.4) is 0 Å². The smallest absolute Gasteiger partial charge is 0.219 e. The summed E-state index contributed by atoms with van der Waals surface area (Å²) >= 11 is 0. The Bertz CT molecular complexity index is 998. The van der Waals surface area contributed by atoms with Crippen LogP contribution in [0.15, 0.2) is 24.4 Å². The third-order valence-electron chi connectivity index (χ3n) is 7.64. The van der Waals surface area contributed by atoms with Crippen molar-refractivity contribution in [1.82, 2.24) is 19.8 Å². The number of carbonyl (C=O) groups excluding carboxylic acids is 1. The topological polar surface area (TPSA) is 67.8 Å². The number of amides is 1. The Balaban J connectivity index is 1.32. The Hall–Kier alpha value is -2.67. The van der Waals surface area contributed by atoms with Gasteiger partial charge < -0.3 is 19.3 Å². The summed E-state index contributed by atoms with van der Waals surface area (Å²) in [6.07, 6.45) is 10.5. The molecule has 2 fully saturated rings.